The van der Waals surface area contributed by atoms with Crippen molar-refractivity contribution < 1.29 is 23.5 Å². The zero-order valence-corrected chi connectivity index (χ0v) is 13.8. The number of ketones is 1. The number of carbonyl (C=O) groups is 3. The second-order valence-electron chi connectivity index (χ2n) is 5.43. The number of halogens is 1. The Kier molecular flexibility index (Phi) is 6.39. The second-order valence-corrected chi connectivity index (χ2v) is 5.43. The molecule has 0 heterocycles. The molecule has 0 aromatic heterocycles. The van der Waals surface area contributed by atoms with E-state index in [9.17, 15) is 18.8 Å². The third kappa shape index (κ3) is 5.84. The third-order valence-electron chi connectivity index (χ3n) is 3.37. The largest absolute Gasteiger partial charge is 0.462 e. The van der Waals surface area contributed by atoms with Gasteiger partial charge in [0.1, 0.15) is 5.82 Å². The third-order valence-corrected chi connectivity index (χ3v) is 3.37. The van der Waals surface area contributed by atoms with Gasteiger partial charge in [-0.05, 0) is 48.9 Å². The molecule has 1 N–H and O–H groups in total. The monoisotopic (exact) mass is 343 g/mol. The Morgan fingerprint density at radius 3 is 2.44 bits per heavy atom. The summed E-state index contributed by atoms with van der Waals surface area (Å²) in [7, 11) is 0. The second kappa shape index (κ2) is 8.73. The van der Waals surface area contributed by atoms with Crippen LogP contribution in [-0.4, -0.2) is 24.3 Å². The number of hydrogen-bond acceptors (Lipinski definition) is 4. The Hall–Kier alpha value is -3.02. The molecule has 2 rings (SSSR count). The van der Waals surface area contributed by atoms with Crippen LogP contribution in [0.4, 0.5) is 10.1 Å². The van der Waals surface area contributed by atoms with E-state index in [2.05, 4.69) is 5.32 Å². The average Bonchev–Trinajstić information content (AvgIpc) is 2.58. The van der Waals surface area contributed by atoms with Crippen LogP contribution in [0, 0.1) is 5.82 Å². The first-order valence-corrected chi connectivity index (χ1v) is 7.79. The smallest absolute Gasteiger partial charge is 0.338 e. The minimum atomic E-state index is -0.526. The van der Waals surface area contributed by atoms with Gasteiger partial charge in [-0.15, -0.1) is 0 Å². The standard InChI is InChI=1S/C19H18FNO4/c1-13(22)21-17-5-2-4-15(12-17)19(24)25-11-3-6-18(23)14-7-9-16(20)10-8-14/h2,4-5,7-10,12H,3,6,11H2,1H3,(H,21,22). The minimum absolute atomic E-state index is 0.0934. The van der Waals surface area contributed by atoms with Crippen molar-refractivity contribution >= 4 is 23.3 Å². The summed E-state index contributed by atoms with van der Waals surface area (Å²) in [6.45, 7) is 1.47. The fraction of sp³-hybridized carbons (Fsp3) is 0.211. The summed E-state index contributed by atoms with van der Waals surface area (Å²) in [6, 6.07) is 11.7. The van der Waals surface area contributed by atoms with Gasteiger partial charge in [-0.3, -0.25) is 9.59 Å². The van der Waals surface area contributed by atoms with Crippen LogP contribution >= 0.6 is 0 Å². The normalized spacial score (nSPS) is 10.2. The summed E-state index contributed by atoms with van der Waals surface area (Å²) in [4.78, 5) is 34.9. The lowest BCUT2D eigenvalue weighted by Crippen LogP contribution is -2.10. The van der Waals surface area contributed by atoms with Gasteiger partial charge < -0.3 is 10.1 Å². The summed E-state index contributed by atoms with van der Waals surface area (Å²) in [6.07, 6.45) is 0.568. The van der Waals surface area contributed by atoms with Crippen LogP contribution in [-0.2, 0) is 9.53 Å². The van der Waals surface area contributed by atoms with Crippen LogP contribution in [0.5, 0.6) is 0 Å². The van der Waals surface area contributed by atoms with E-state index in [4.69, 9.17) is 4.74 Å². The molecule has 1 amide bonds. The van der Waals surface area contributed by atoms with Gasteiger partial charge in [0, 0.05) is 24.6 Å². The number of anilines is 1. The van der Waals surface area contributed by atoms with Gasteiger partial charge >= 0.3 is 5.97 Å². The summed E-state index contributed by atoms with van der Waals surface area (Å²) >= 11 is 0. The van der Waals surface area contributed by atoms with E-state index >= 15 is 0 Å². The van der Waals surface area contributed by atoms with Crippen molar-refractivity contribution in [3.8, 4) is 0 Å². The molecule has 0 fully saturated rings. The Bertz CT molecular complexity index is 771. The van der Waals surface area contributed by atoms with Gasteiger partial charge in [0.15, 0.2) is 5.78 Å². The van der Waals surface area contributed by atoms with Crippen molar-refractivity contribution in [3.05, 3.63) is 65.5 Å². The number of esters is 1. The highest BCUT2D eigenvalue weighted by atomic mass is 19.1. The maximum absolute atomic E-state index is 12.8. The molecule has 0 saturated carbocycles. The number of rotatable bonds is 7. The van der Waals surface area contributed by atoms with Crippen molar-refractivity contribution in [3.63, 3.8) is 0 Å². The van der Waals surface area contributed by atoms with E-state index < -0.39 is 11.8 Å². The van der Waals surface area contributed by atoms with E-state index in [-0.39, 0.29) is 24.7 Å². The van der Waals surface area contributed by atoms with Gasteiger partial charge in [-0.1, -0.05) is 6.07 Å². The summed E-state index contributed by atoms with van der Waals surface area (Å²) in [5.74, 6) is -1.29. The Balaban J connectivity index is 1.79. The fourth-order valence-corrected chi connectivity index (χ4v) is 2.19. The molecule has 0 radical (unpaired) electrons. The van der Waals surface area contributed by atoms with Crippen molar-refractivity contribution in [1.82, 2.24) is 0 Å². The van der Waals surface area contributed by atoms with Gasteiger partial charge in [-0.25, -0.2) is 9.18 Å². The number of nitrogens with one attached hydrogen (secondary N) is 1. The molecule has 130 valence electrons. The van der Waals surface area contributed by atoms with Crippen LogP contribution in [0.3, 0.4) is 0 Å². The first-order valence-electron chi connectivity index (χ1n) is 7.79. The van der Waals surface area contributed by atoms with E-state index in [1.165, 1.54) is 37.3 Å². The van der Waals surface area contributed by atoms with E-state index in [0.717, 1.165) is 0 Å². The molecular weight excluding hydrogens is 325 g/mol. The zero-order valence-electron chi connectivity index (χ0n) is 13.8. The molecule has 25 heavy (non-hydrogen) atoms. The average molecular weight is 343 g/mol. The maximum Gasteiger partial charge on any atom is 0.338 e. The molecule has 6 heteroatoms. The number of Topliss-reactive ketones (excluding diaryl/α,β-unsaturated/α-hetero) is 1. The minimum Gasteiger partial charge on any atom is -0.462 e. The van der Waals surface area contributed by atoms with Crippen LogP contribution in [0.2, 0.25) is 0 Å². The number of benzene rings is 2. The van der Waals surface area contributed by atoms with Crippen LogP contribution < -0.4 is 5.32 Å². The van der Waals surface area contributed by atoms with Crippen molar-refractivity contribution in [1.29, 1.82) is 0 Å². The molecule has 0 unspecified atom stereocenters. The Labute approximate surface area is 144 Å². The first-order chi connectivity index (χ1) is 12.0. The zero-order chi connectivity index (χ0) is 18.2. The molecule has 0 atom stereocenters. The van der Waals surface area contributed by atoms with Crippen molar-refractivity contribution in [2.75, 3.05) is 11.9 Å². The highest BCUT2D eigenvalue weighted by molar-refractivity contribution is 5.96. The van der Waals surface area contributed by atoms with E-state index in [1.54, 1.807) is 18.2 Å². The van der Waals surface area contributed by atoms with E-state index in [1.807, 2.05) is 0 Å². The van der Waals surface area contributed by atoms with Gasteiger partial charge in [-0.2, -0.15) is 0 Å². The molecule has 0 bridgehead atoms. The maximum atomic E-state index is 12.8. The van der Waals surface area contributed by atoms with Gasteiger partial charge in [0.2, 0.25) is 5.91 Å². The summed E-state index contributed by atoms with van der Waals surface area (Å²) < 4.78 is 17.9. The van der Waals surface area contributed by atoms with Crippen molar-refractivity contribution in [2.45, 2.75) is 19.8 Å². The van der Waals surface area contributed by atoms with Crippen LogP contribution in [0.1, 0.15) is 40.5 Å². The van der Waals surface area contributed by atoms with Crippen LogP contribution in [0.25, 0.3) is 0 Å². The number of carbonyl (C=O) groups excluding carboxylic acids is 3. The highest BCUT2D eigenvalue weighted by Crippen LogP contribution is 2.12. The summed E-state index contributed by atoms with van der Waals surface area (Å²) in [5, 5.41) is 2.59. The lowest BCUT2D eigenvalue weighted by Gasteiger charge is -2.07. The lowest BCUT2D eigenvalue weighted by atomic mass is 10.1. The van der Waals surface area contributed by atoms with Gasteiger partial charge in [0.05, 0.1) is 12.2 Å². The molecule has 0 aliphatic rings. The summed E-state index contributed by atoms with van der Waals surface area (Å²) in [5.41, 5.74) is 1.25. The Morgan fingerprint density at radius 1 is 1.04 bits per heavy atom. The van der Waals surface area contributed by atoms with E-state index in [0.29, 0.717) is 23.2 Å². The molecule has 0 aliphatic carbocycles. The SMILES string of the molecule is CC(=O)Nc1cccc(C(=O)OCCCC(=O)c2ccc(F)cc2)c1. The van der Waals surface area contributed by atoms with Gasteiger partial charge in [0.25, 0.3) is 0 Å². The number of ether oxygens (including phenoxy) is 1. The number of amides is 1. The molecule has 0 saturated heterocycles. The predicted molar refractivity (Wildman–Crippen MR) is 91.0 cm³/mol. The Morgan fingerprint density at radius 2 is 1.76 bits per heavy atom. The quantitative estimate of drug-likeness (QED) is 0.474. The molecule has 2 aromatic carbocycles. The fourth-order valence-electron chi connectivity index (χ4n) is 2.19. The van der Waals surface area contributed by atoms with Crippen LogP contribution in [0.15, 0.2) is 48.5 Å². The molecule has 0 aliphatic heterocycles. The predicted octanol–water partition coefficient (Wildman–Crippen LogP) is 3.60. The molecule has 2 aromatic rings. The van der Waals surface area contributed by atoms with Crippen molar-refractivity contribution in [2.24, 2.45) is 0 Å². The molecule has 0 spiro atoms. The molecular formula is C19H18FNO4. The number of hydrogen-bond donors (Lipinski definition) is 1. The first kappa shape index (κ1) is 18.3. The lowest BCUT2D eigenvalue weighted by molar-refractivity contribution is -0.114. The highest BCUT2D eigenvalue weighted by Gasteiger charge is 2.10. The molecule has 5 nitrogen and oxygen atoms in total. The topological polar surface area (TPSA) is 72.5 Å².